The van der Waals surface area contributed by atoms with Gasteiger partial charge in [-0.15, -0.1) is 21.5 Å². The highest BCUT2D eigenvalue weighted by atomic mass is 32.2. The largest absolute Gasteiger partial charge is 0.465 e. The summed E-state index contributed by atoms with van der Waals surface area (Å²) in [4.78, 5) is 11.7. The molecular weight excluding hydrogens is 478 g/mol. The number of carbonyl (C=O) groups excluding carboxylic acids is 1. The van der Waals surface area contributed by atoms with E-state index in [1.54, 1.807) is 28.9 Å². The van der Waals surface area contributed by atoms with E-state index in [0.29, 0.717) is 17.3 Å². The van der Waals surface area contributed by atoms with Crippen LogP contribution in [0.2, 0.25) is 0 Å². The van der Waals surface area contributed by atoms with E-state index in [9.17, 15) is 13.2 Å². The second-order valence-electron chi connectivity index (χ2n) is 7.27. The molecule has 34 heavy (non-hydrogen) atoms. The van der Waals surface area contributed by atoms with E-state index in [4.69, 9.17) is 4.74 Å². The van der Waals surface area contributed by atoms with Gasteiger partial charge < -0.3 is 9.47 Å². The third-order valence-electron chi connectivity index (χ3n) is 5.11. The van der Waals surface area contributed by atoms with Crippen molar-refractivity contribution in [1.82, 2.24) is 20.0 Å². The molecule has 3 heterocycles. The Morgan fingerprint density at radius 1 is 1.03 bits per heavy atom. The number of nitrogens with zero attached hydrogens (tertiary/aromatic N) is 4. The Morgan fingerprint density at radius 2 is 1.76 bits per heavy atom. The van der Waals surface area contributed by atoms with Crippen LogP contribution in [0.15, 0.2) is 52.7 Å². The minimum Gasteiger partial charge on any atom is -0.465 e. The average molecular weight is 500 g/mol. The summed E-state index contributed by atoms with van der Waals surface area (Å²) < 4.78 is 39.9. The normalized spacial score (nSPS) is 11.3. The van der Waals surface area contributed by atoms with Crippen LogP contribution in [0.5, 0.6) is 11.6 Å². The van der Waals surface area contributed by atoms with E-state index >= 15 is 0 Å². The molecule has 0 saturated carbocycles. The number of carbonyl (C=O) groups is 1. The predicted molar refractivity (Wildman–Crippen MR) is 126 cm³/mol. The highest BCUT2D eigenvalue weighted by molar-refractivity contribution is 7.93. The zero-order chi connectivity index (χ0) is 24.5. The number of methoxy groups -OCH3 is 1. The second kappa shape index (κ2) is 9.23. The minimum atomic E-state index is -3.98. The molecule has 1 aromatic carbocycles. The summed E-state index contributed by atoms with van der Waals surface area (Å²) in [5.41, 5.74) is 3.31. The molecule has 0 spiro atoms. The standard InChI is InChI=1S/C22H21N5O5S2/c1-13-14(2)25-27(15(13)3)19-9-10-20(24-23-19)32-17-7-5-16(6-8-17)26-34(29,30)18-11-12-33-21(18)22(28)31-4/h5-12,26H,1-4H3. The lowest BCUT2D eigenvalue weighted by Gasteiger charge is -2.10. The van der Waals surface area contributed by atoms with E-state index in [2.05, 4.69) is 24.8 Å². The molecule has 0 radical (unpaired) electrons. The predicted octanol–water partition coefficient (Wildman–Crippen LogP) is 4.03. The second-order valence-corrected chi connectivity index (χ2v) is 9.84. The lowest BCUT2D eigenvalue weighted by Crippen LogP contribution is -2.15. The first kappa shape index (κ1) is 23.4. The van der Waals surface area contributed by atoms with Crippen LogP contribution >= 0.6 is 11.3 Å². The van der Waals surface area contributed by atoms with E-state index in [1.165, 1.54) is 30.7 Å². The zero-order valence-electron chi connectivity index (χ0n) is 18.8. The number of rotatable bonds is 7. The monoisotopic (exact) mass is 499 g/mol. The maximum absolute atomic E-state index is 12.7. The first-order valence-corrected chi connectivity index (χ1v) is 12.4. The van der Waals surface area contributed by atoms with Gasteiger partial charge in [0.25, 0.3) is 10.0 Å². The Kier molecular flexibility index (Phi) is 6.35. The maximum Gasteiger partial charge on any atom is 0.349 e. The van der Waals surface area contributed by atoms with Crippen LogP contribution in [0, 0.1) is 20.8 Å². The topological polar surface area (TPSA) is 125 Å². The summed E-state index contributed by atoms with van der Waals surface area (Å²) in [5, 5.41) is 14.3. The summed E-state index contributed by atoms with van der Waals surface area (Å²) in [6, 6.07) is 11.0. The van der Waals surface area contributed by atoms with Crippen LogP contribution in [0.4, 0.5) is 5.69 Å². The van der Waals surface area contributed by atoms with Crippen LogP contribution in [-0.2, 0) is 14.8 Å². The summed E-state index contributed by atoms with van der Waals surface area (Å²) in [7, 11) is -2.78. The molecule has 0 amide bonds. The van der Waals surface area contributed by atoms with Crippen molar-refractivity contribution in [2.24, 2.45) is 0 Å². The lowest BCUT2D eigenvalue weighted by molar-refractivity contribution is 0.0602. The molecule has 0 aliphatic rings. The number of benzene rings is 1. The molecule has 0 aliphatic heterocycles. The number of sulfonamides is 1. The third-order valence-corrected chi connectivity index (χ3v) is 7.56. The summed E-state index contributed by atoms with van der Waals surface area (Å²) in [5.74, 6) is 0.582. The van der Waals surface area contributed by atoms with Crippen molar-refractivity contribution in [3.05, 3.63) is 69.7 Å². The number of hydrogen-bond acceptors (Lipinski definition) is 9. The highest BCUT2D eigenvalue weighted by Gasteiger charge is 2.24. The molecule has 3 aromatic heterocycles. The molecule has 0 atom stereocenters. The van der Waals surface area contributed by atoms with Crippen molar-refractivity contribution >= 4 is 33.0 Å². The lowest BCUT2D eigenvalue weighted by atomic mass is 10.2. The van der Waals surface area contributed by atoms with Gasteiger partial charge in [-0.05, 0) is 68.1 Å². The van der Waals surface area contributed by atoms with E-state index in [-0.39, 0.29) is 15.7 Å². The first-order chi connectivity index (χ1) is 16.2. The van der Waals surface area contributed by atoms with Crippen LogP contribution < -0.4 is 9.46 Å². The van der Waals surface area contributed by atoms with Crippen molar-refractivity contribution in [3.63, 3.8) is 0 Å². The number of ether oxygens (including phenoxy) is 2. The van der Waals surface area contributed by atoms with Crippen LogP contribution in [-0.4, -0.2) is 41.5 Å². The number of hydrogen-bond donors (Lipinski definition) is 1. The molecule has 0 aliphatic carbocycles. The molecule has 4 rings (SSSR count). The van der Waals surface area contributed by atoms with E-state index < -0.39 is 16.0 Å². The van der Waals surface area contributed by atoms with Gasteiger partial charge in [-0.25, -0.2) is 17.9 Å². The molecule has 0 fully saturated rings. The Balaban J connectivity index is 1.45. The van der Waals surface area contributed by atoms with Crippen molar-refractivity contribution in [1.29, 1.82) is 0 Å². The van der Waals surface area contributed by atoms with Gasteiger partial charge in [0.1, 0.15) is 15.5 Å². The fraction of sp³-hybridized carbons (Fsp3) is 0.182. The summed E-state index contributed by atoms with van der Waals surface area (Å²) in [6.45, 7) is 5.90. The molecule has 1 N–H and O–H groups in total. The fourth-order valence-corrected chi connectivity index (χ4v) is 5.49. The molecule has 0 saturated heterocycles. The Morgan fingerprint density at radius 3 is 2.35 bits per heavy atom. The Labute approximate surface area is 200 Å². The van der Waals surface area contributed by atoms with Crippen LogP contribution in [0.1, 0.15) is 26.6 Å². The van der Waals surface area contributed by atoms with Gasteiger partial charge in [-0.3, -0.25) is 4.72 Å². The molecule has 4 aromatic rings. The Bertz CT molecular complexity index is 1440. The molecule has 176 valence electrons. The average Bonchev–Trinajstić information content (AvgIpc) is 3.42. The fourth-order valence-electron chi connectivity index (χ4n) is 3.10. The minimum absolute atomic E-state index is 0.00704. The highest BCUT2D eigenvalue weighted by Crippen LogP contribution is 2.27. The molecule has 12 heteroatoms. The zero-order valence-corrected chi connectivity index (χ0v) is 20.4. The number of aryl methyl sites for hydroxylation is 1. The van der Waals surface area contributed by atoms with Gasteiger partial charge in [0.2, 0.25) is 5.88 Å². The van der Waals surface area contributed by atoms with Gasteiger partial charge in [-0.2, -0.15) is 5.10 Å². The number of nitrogens with one attached hydrogen (secondary N) is 1. The molecule has 0 unspecified atom stereocenters. The van der Waals surface area contributed by atoms with Gasteiger partial charge in [0.05, 0.1) is 12.8 Å². The smallest absolute Gasteiger partial charge is 0.349 e. The SMILES string of the molecule is COC(=O)c1sccc1S(=O)(=O)Nc1ccc(Oc2ccc(-n3nc(C)c(C)c3C)nn2)cc1. The Hall–Kier alpha value is -3.77. The first-order valence-electron chi connectivity index (χ1n) is 10.0. The summed E-state index contributed by atoms with van der Waals surface area (Å²) >= 11 is 0.993. The van der Waals surface area contributed by atoms with Crippen LogP contribution in [0.25, 0.3) is 5.82 Å². The van der Waals surface area contributed by atoms with Crippen molar-refractivity contribution in [2.75, 3.05) is 11.8 Å². The van der Waals surface area contributed by atoms with Gasteiger partial charge in [-0.1, -0.05) is 0 Å². The molecule has 10 nitrogen and oxygen atoms in total. The number of thiophene rings is 1. The van der Waals surface area contributed by atoms with Crippen molar-refractivity contribution in [2.45, 2.75) is 25.7 Å². The maximum atomic E-state index is 12.7. The third kappa shape index (κ3) is 4.63. The van der Waals surface area contributed by atoms with E-state index in [0.717, 1.165) is 28.3 Å². The number of esters is 1. The van der Waals surface area contributed by atoms with E-state index in [1.807, 2.05) is 20.8 Å². The molecule has 0 bridgehead atoms. The number of anilines is 1. The van der Waals surface area contributed by atoms with Crippen molar-refractivity contribution in [3.8, 4) is 17.4 Å². The quantitative estimate of drug-likeness (QED) is 0.378. The summed E-state index contributed by atoms with van der Waals surface area (Å²) in [6.07, 6.45) is 0. The van der Waals surface area contributed by atoms with Crippen molar-refractivity contribution < 1.29 is 22.7 Å². The molecular formula is C22H21N5O5S2. The van der Waals surface area contributed by atoms with Gasteiger partial charge in [0.15, 0.2) is 5.82 Å². The van der Waals surface area contributed by atoms with Gasteiger partial charge in [0, 0.05) is 17.4 Å². The number of aromatic nitrogens is 4. The van der Waals surface area contributed by atoms with Gasteiger partial charge >= 0.3 is 5.97 Å². The van der Waals surface area contributed by atoms with Crippen LogP contribution in [0.3, 0.4) is 0 Å².